The van der Waals surface area contributed by atoms with Crippen molar-refractivity contribution in [3.05, 3.63) is 30.1 Å². The van der Waals surface area contributed by atoms with E-state index in [1.54, 1.807) is 41.2 Å². The lowest BCUT2D eigenvalue weighted by Crippen LogP contribution is -2.49. The summed E-state index contributed by atoms with van der Waals surface area (Å²) in [6.45, 7) is 4.52. The van der Waals surface area contributed by atoms with Crippen LogP contribution in [-0.2, 0) is 9.53 Å². The van der Waals surface area contributed by atoms with Crippen LogP contribution in [0.2, 0.25) is 0 Å². The second kappa shape index (κ2) is 9.52. The van der Waals surface area contributed by atoms with E-state index in [1.165, 1.54) is 0 Å². The van der Waals surface area contributed by atoms with Crippen LogP contribution in [0.4, 0.5) is 4.79 Å². The van der Waals surface area contributed by atoms with Crippen LogP contribution in [0, 0.1) is 5.92 Å². The Morgan fingerprint density at radius 3 is 2.39 bits per heavy atom. The minimum atomic E-state index is -0.280. The van der Waals surface area contributed by atoms with Gasteiger partial charge in [-0.05, 0) is 44.7 Å². The topological polar surface area (TPSA) is 91.8 Å². The smallest absolute Gasteiger partial charge is 0.409 e. The average Bonchev–Trinajstić information content (AvgIpc) is 2.74. The summed E-state index contributed by atoms with van der Waals surface area (Å²) in [6, 6.07) is 3.60. The van der Waals surface area contributed by atoms with Crippen molar-refractivity contribution in [3.8, 4) is 0 Å². The predicted octanol–water partition coefficient (Wildman–Crippen LogP) is 1.67. The van der Waals surface area contributed by atoms with Crippen LogP contribution in [-0.4, -0.2) is 71.5 Å². The average molecular weight is 388 g/mol. The number of ether oxygens (including phenoxy) is 1. The molecule has 0 atom stereocenters. The van der Waals surface area contributed by atoms with Gasteiger partial charge in [0.05, 0.1) is 12.2 Å². The first kappa shape index (κ1) is 20.1. The molecule has 2 aliphatic rings. The highest BCUT2D eigenvalue weighted by Crippen LogP contribution is 2.20. The van der Waals surface area contributed by atoms with E-state index in [0.29, 0.717) is 51.2 Å². The van der Waals surface area contributed by atoms with Crippen molar-refractivity contribution in [1.82, 2.24) is 20.1 Å². The third kappa shape index (κ3) is 4.99. The molecule has 0 aliphatic carbocycles. The van der Waals surface area contributed by atoms with E-state index in [2.05, 4.69) is 10.3 Å². The molecule has 3 rings (SSSR count). The molecule has 1 aromatic rings. The van der Waals surface area contributed by atoms with Gasteiger partial charge in [0, 0.05) is 50.5 Å². The van der Waals surface area contributed by atoms with Gasteiger partial charge in [0.2, 0.25) is 5.91 Å². The van der Waals surface area contributed by atoms with E-state index in [1.807, 2.05) is 0 Å². The van der Waals surface area contributed by atoms with E-state index in [4.69, 9.17) is 4.74 Å². The maximum atomic E-state index is 12.6. The van der Waals surface area contributed by atoms with Gasteiger partial charge in [0.25, 0.3) is 5.91 Å². The van der Waals surface area contributed by atoms with Crippen LogP contribution in [0.1, 0.15) is 43.0 Å². The minimum Gasteiger partial charge on any atom is -0.450 e. The van der Waals surface area contributed by atoms with Crippen molar-refractivity contribution >= 4 is 17.9 Å². The molecule has 0 radical (unpaired) electrons. The Labute approximate surface area is 165 Å². The Balaban J connectivity index is 1.41. The fourth-order valence-corrected chi connectivity index (χ4v) is 3.76. The van der Waals surface area contributed by atoms with Gasteiger partial charge in [-0.2, -0.15) is 0 Å². The van der Waals surface area contributed by atoms with Gasteiger partial charge in [0.1, 0.15) is 0 Å². The van der Waals surface area contributed by atoms with Crippen molar-refractivity contribution in [2.45, 2.75) is 38.6 Å². The number of amides is 3. The van der Waals surface area contributed by atoms with Crippen molar-refractivity contribution in [3.63, 3.8) is 0 Å². The summed E-state index contributed by atoms with van der Waals surface area (Å²) < 4.78 is 5.02. The fraction of sp³-hybridized carbons (Fsp3) is 0.600. The first-order valence-corrected chi connectivity index (χ1v) is 10.00. The van der Waals surface area contributed by atoms with Gasteiger partial charge < -0.3 is 19.9 Å². The molecule has 2 saturated heterocycles. The Morgan fingerprint density at radius 2 is 1.79 bits per heavy atom. The zero-order valence-electron chi connectivity index (χ0n) is 16.3. The lowest BCUT2D eigenvalue weighted by Gasteiger charge is -2.34. The van der Waals surface area contributed by atoms with Crippen LogP contribution in [0.25, 0.3) is 0 Å². The summed E-state index contributed by atoms with van der Waals surface area (Å²) in [6.07, 6.45) is 5.75. The minimum absolute atomic E-state index is 0.0294. The molecule has 1 aromatic heterocycles. The van der Waals surface area contributed by atoms with E-state index in [0.717, 1.165) is 12.8 Å². The summed E-state index contributed by atoms with van der Waals surface area (Å²) >= 11 is 0. The van der Waals surface area contributed by atoms with E-state index >= 15 is 0 Å². The molecule has 1 N–H and O–H groups in total. The van der Waals surface area contributed by atoms with Crippen molar-refractivity contribution in [1.29, 1.82) is 0 Å². The Hall–Kier alpha value is -2.64. The van der Waals surface area contributed by atoms with Crippen LogP contribution < -0.4 is 5.32 Å². The molecule has 3 heterocycles. The number of piperidine rings is 2. The molecule has 0 aromatic carbocycles. The normalized spacial score (nSPS) is 18.6. The maximum absolute atomic E-state index is 12.6. The summed E-state index contributed by atoms with van der Waals surface area (Å²) in [4.78, 5) is 44.3. The SMILES string of the molecule is CCOC(=O)N1CCC(NC(=O)C2CCN(C(=O)c3cccnc3)CC2)CC1. The van der Waals surface area contributed by atoms with Gasteiger partial charge in [0.15, 0.2) is 0 Å². The zero-order chi connectivity index (χ0) is 19.9. The largest absolute Gasteiger partial charge is 0.450 e. The van der Waals surface area contributed by atoms with Crippen LogP contribution in [0.15, 0.2) is 24.5 Å². The molecule has 3 amide bonds. The summed E-state index contributed by atoms with van der Waals surface area (Å²) in [5.74, 6) is -0.0395. The molecular formula is C20H28N4O4. The Morgan fingerprint density at radius 1 is 1.11 bits per heavy atom. The number of hydrogen-bond donors (Lipinski definition) is 1. The summed E-state index contributed by atoms with van der Waals surface area (Å²) in [5, 5.41) is 3.12. The number of aromatic nitrogens is 1. The highest BCUT2D eigenvalue weighted by atomic mass is 16.6. The molecule has 0 spiro atoms. The summed E-state index contributed by atoms with van der Waals surface area (Å²) in [7, 11) is 0. The van der Waals surface area contributed by atoms with E-state index in [9.17, 15) is 14.4 Å². The number of pyridine rings is 1. The number of rotatable bonds is 4. The standard InChI is InChI=1S/C20H28N4O4/c1-2-28-20(27)24-12-7-17(8-13-24)22-18(25)15-5-10-23(11-6-15)19(26)16-4-3-9-21-14-16/h3-4,9,14-15,17H,2,5-8,10-13H2,1H3,(H,22,25). The number of likely N-dealkylation sites (tertiary alicyclic amines) is 2. The molecule has 152 valence electrons. The molecule has 8 heteroatoms. The second-order valence-electron chi connectivity index (χ2n) is 7.28. The molecular weight excluding hydrogens is 360 g/mol. The molecule has 28 heavy (non-hydrogen) atoms. The predicted molar refractivity (Wildman–Crippen MR) is 103 cm³/mol. The lowest BCUT2D eigenvalue weighted by molar-refractivity contribution is -0.127. The monoisotopic (exact) mass is 388 g/mol. The van der Waals surface area contributed by atoms with Gasteiger partial charge in [-0.3, -0.25) is 14.6 Å². The Bertz CT molecular complexity index is 681. The molecule has 0 unspecified atom stereocenters. The number of carbonyl (C=O) groups is 3. The number of nitrogens with one attached hydrogen (secondary N) is 1. The summed E-state index contributed by atoms with van der Waals surface area (Å²) in [5.41, 5.74) is 0.582. The molecule has 0 bridgehead atoms. The molecule has 0 saturated carbocycles. The second-order valence-corrected chi connectivity index (χ2v) is 7.28. The molecule has 8 nitrogen and oxygen atoms in total. The quantitative estimate of drug-likeness (QED) is 0.847. The van der Waals surface area contributed by atoms with Crippen molar-refractivity contribution < 1.29 is 19.1 Å². The number of hydrogen-bond acceptors (Lipinski definition) is 5. The fourth-order valence-electron chi connectivity index (χ4n) is 3.76. The number of nitrogens with zero attached hydrogens (tertiary/aromatic N) is 3. The molecule has 2 aliphatic heterocycles. The van der Waals surface area contributed by atoms with Crippen molar-refractivity contribution in [2.75, 3.05) is 32.8 Å². The maximum Gasteiger partial charge on any atom is 0.409 e. The third-order valence-electron chi connectivity index (χ3n) is 5.43. The number of carbonyl (C=O) groups excluding carboxylic acids is 3. The van der Waals surface area contributed by atoms with Crippen molar-refractivity contribution in [2.24, 2.45) is 5.92 Å². The highest BCUT2D eigenvalue weighted by molar-refractivity contribution is 5.94. The zero-order valence-corrected chi connectivity index (χ0v) is 16.3. The van der Waals surface area contributed by atoms with E-state index in [-0.39, 0.29) is 29.9 Å². The third-order valence-corrected chi connectivity index (χ3v) is 5.43. The van der Waals surface area contributed by atoms with Crippen LogP contribution >= 0.6 is 0 Å². The van der Waals surface area contributed by atoms with Gasteiger partial charge in [-0.25, -0.2) is 4.79 Å². The van der Waals surface area contributed by atoms with Gasteiger partial charge in [-0.15, -0.1) is 0 Å². The van der Waals surface area contributed by atoms with Gasteiger partial charge in [-0.1, -0.05) is 0 Å². The first-order valence-electron chi connectivity index (χ1n) is 10.00. The van der Waals surface area contributed by atoms with Crippen LogP contribution in [0.3, 0.4) is 0 Å². The van der Waals surface area contributed by atoms with Crippen LogP contribution in [0.5, 0.6) is 0 Å². The highest BCUT2D eigenvalue weighted by Gasteiger charge is 2.30. The van der Waals surface area contributed by atoms with Gasteiger partial charge >= 0.3 is 6.09 Å². The van der Waals surface area contributed by atoms with E-state index < -0.39 is 0 Å². The molecule has 2 fully saturated rings. The first-order chi connectivity index (χ1) is 13.6. The Kier molecular flexibility index (Phi) is 6.84. The lowest BCUT2D eigenvalue weighted by atomic mass is 9.94.